The van der Waals surface area contributed by atoms with Gasteiger partial charge in [0.05, 0.1) is 31.1 Å². The summed E-state index contributed by atoms with van der Waals surface area (Å²) >= 11 is 0. The second kappa shape index (κ2) is 11.6. The van der Waals surface area contributed by atoms with Gasteiger partial charge in [-0.3, -0.25) is 9.89 Å². The summed E-state index contributed by atoms with van der Waals surface area (Å²) in [5, 5.41) is 9.65. The Labute approximate surface area is 220 Å². The number of pyridine rings is 1. The molecule has 0 saturated carbocycles. The van der Waals surface area contributed by atoms with Gasteiger partial charge in [-0.2, -0.15) is 5.10 Å². The number of nitrogens with zero attached hydrogens (tertiary/aromatic N) is 3. The number of carbonyl (C=O) groups excluding carboxylic acids is 2. The minimum Gasteiger partial charge on any atom is -0.494 e. The van der Waals surface area contributed by atoms with E-state index in [-0.39, 0.29) is 18.8 Å². The number of hydrogen-bond acceptors (Lipinski definition) is 8. The van der Waals surface area contributed by atoms with Crippen molar-refractivity contribution in [1.82, 2.24) is 15.2 Å². The van der Waals surface area contributed by atoms with Crippen molar-refractivity contribution in [3.05, 3.63) is 54.4 Å². The van der Waals surface area contributed by atoms with Crippen molar-refractivity contribution in [2.24, 2.45) is 0 Å². The number of H-pyrrole nitrogens is 1. The molecule has 1 aliphatic heterocycles. The number of aromatic nitrogens is 3. The van der Waals surface area contributed by atoms with E-state index in [1.807, 2.05) is 4.90 Å². The molecule has 1 aromatic carbocycles. The number of ether oxygens (including phenoxy) is 3. The normalized spacial score (nSPS) is 17.7. The predicted molar refractivity (Wildman–Crippen MR) is 140 cm³/mol. The Kier molecular flexibility index (Phi) is 8.26. The second-order valence-corrected chi connectivity index (χ2v) is 9.89. The van der Waals surface area contributed by atoms with Crippen LogP contribution in [0.2, 0.25) is 0 Å². The topological polar surface area (TPSA) is 119 Å². The van der Waals surface area contributed by atoms with Crippen molar-refractivity contribution in [3.8, 4) is 17.1 Å². The third-order valence-electron chi connectivity index (χ3n) is 5.86. The number of methoxy groups -OCH3 is 1. The lowest BCUT2D eigenvalue weighted by Gasteiger charge is -2.36. The minimum absolute atomic E-state index is 0.0950. The average Bonchev–Trinajstić information content (AvgIpc) is 3.42. The van der Waals surface area contributed by atoms with E-state index in [2.05, 4.69) is 20.5 Å². The van der Waals surface area contributed by atoms with E-state index in [4.69, 9.17) is 14.2 Å². The summed E-state index contributed by atoms with van der Waals surface area (Å²) in [5.74, 6) is -0.490. The van der Waals surface area contributed by atoms with Crippen LogP contribution >= 0.6 is 0 Å². The molecule has 0 unspecified atom stereocenters. The number of benzene rings is 1. The lowest BCUT2D eigenvalue weighted by atomic mass is 10.0. The SMILES string of the molecule is COc1cc(N2CC[C@H](OCC(=O)OC(C)(C)C)[C@H](F)C2)ccc1NC(=O)c1cccc(-c2cc[nH]n2)n1. The highest BCUT2D eigenvalue weighted by Gasteiger charge is 2.31. The maximum Gasteiger partial charge on any atom is 0.332 e. The molecule has 3 heterocycles. The summed E-state index contributed by atoms with van der Waals surface area (Å²) in [6.45, 7) is 5.63. The van der Waals surface area contributed by atoms with Crippen LogP contribution in [0, 0.1) is 0 Å². The Morgan fingerprint density at radius 3 is 2.68 bits per heavy atom. The standard InChI is InChI=1S/C27H32FN5O5/c1-27(2,3)38-25(34)16-37-23-11-13-33(15-18(23)28)17-8-9-21(24(14-17)36-4)31-26(35)22-7-5-6-19(30-22)20-10-12-29-32-20/h5-10,12,14,18,23H,11,13,15-16H2,1-4H3,(H,29,32)(H,31,35)/t18-,23+/m1/s1. The largest absolute Gasteiger partial charge is 0.494 e. The molecule has 11 heteroatoms. The number of carbonyl (C=O) groups is 2. The molecule has 0 spiro atoms. The second-order valence-electron chi connectivity index (χ2n) is 9.89. The lowest BCUT2D eigenvalue weighted by Crippen LogP contribution is -2.46. The molecule has 202 valence electrons. The van der Waals surface area contributed by atoms with E-state index in [9.17, 15) is 14.0 Å². The first kappa shape index (κ1) is 27.1. The molecule has 2 atom stereocenters. The summed E-state index contributed by atoms with van der Waals surface area (Å²) in [6, 6.07) is 12.1. The Morgan fingerprint density at radius 2 is 2.00 bits per heavy atom. The number of amides is 1. The number of anilines is 2. The van der Waals surface area contributed by atoms with E-state index >= 15 is 0 Å². The Balaban J connectivity index is 1.37. The van der Waals surface area contributed by atoms with Gasteiger partial charge in [-0.05, 0) is 57.5 Å². The first-order chi connectivity index (χ1) is 18.1. The van der Waals surface area contributed by atoms with E-state index in [1.165, 1.54) is 7.11 Å². The average molecular weight is 526 g/mol. The maximum absolute atomic E-state index is 14.9. The highest BCUT2D eigenvalue weighted by atomic mass is 19.1. The highest BCUT2D eigenvalue weighted by Crippen LogP contribution is 2.32. The molecule has 0 bridgehead atoms. The molecule has 1 aliphatic rings. The fourth-order valence-corrected chi connectivity index (χ4v) is 4.12. The molecule has 1 saturated heterocycles. The fraction of sp³-hybridized carbons (Fsp3) is 0.407. The molecular weight excluding hydrogens is 493 g/mol. The van der Waals surface area contributed by atoms with Gasteiger partial charge in [0.2, 0.25) is 0 Å². The van der Waals surface area contributed by atoms with Crippen molar-refractivity contribution < 1.29 is 28.2 Å². The van der Waals surface area contributed by atoms with Gasteiger partial charge in [-0.25, -0.2) is 14.2 Å². The number of hydrogen-bond donors (Lipinski definition) is 2. The molecule has 10 nitrogen and oxygen atoms in total. The summed E-state index contributed by atoms with van der Waals surface area (Å²) in [5.41, 5.74) is 2.01. The van der Waals surface area contributed by atoms with E-state index in [0.29, 0.717) is 35.8 Å². The number of rotatable bonds is 8. The summed E-state index contributed by atoms with van der Waals surface area (Å²) < 4.78 is 31.1. The first-order valence-electron chi connectivity index (χ1n) is 12.3. The summed E-state index contributed by atoms with van der Waals surface area (Å²) in [6.07, 6.45) is 0.109. The minimum atomic E-state index is -1.29. The highest BCUT2D eigenvalue weighted by molar-refractivity contribution is 6.04. The Bertz CT molecular complexity index is 1260. The van der Waals surface area contributed by atoms with Crippen molar-refractivity contribution in [1.29, 1.82) is 0 Å². The lowest BCUT2D eigenvalue weighted by molar-refractivity contribution is -0.163. The smallest absolute Gasteiger partial charge is 0.332 e. The molecule has 4 rings (SSSR count). The molecular formula is C27H32FN5O5. The summed E-state index contributed by atoms with van der Waals surface area (Å²) in [7, 11) is 1.50. The van der Waals surface area contributed by atoms with Gasteiger partial charge < -0.3 is 24.4 Å². The van der Waals surface area contributed by atoms with Crippen LogP contribution in [0.5, 0.6) is 5.75 Å². The van der Waals surface area contributed by atoms with Crippen LogP contribution in [-0.4, -0.2) is 71.7 Å². The van der Waals surface area contributed by atoms with Gasteiger partial charge in [0.15, 0.2) is 0 Å². The van der Waals surface area contributed by atoms with Crippen LogP contribution in [0.25, 0.3) is 11.4 Å². The van der Waals surface area contributed by atoms with E-state index in [0.717, 1.165) is 5.69 Å². The Hall–Kier alpha value is -3.99. The molecule has 38 heavy (non-hydrogen) atoms. The van der Waals surface area contributed by atoms with Crippen LogP contribution in [0.3, 0.4) is 0 Å². The molecule has 3 aromatic rings. The van der Waals surface area contributed by atoms with Gasteiger partial charge in [0, 0.05) is 24.5 Å². The molecule has 2 N–H and O–H groups in total. The van der Waals surface area contributed by atoms with Crippen molar-refractivity contribution in [3.63, 3.8) is 0 Å². The number of alkyl halides is 1. The zero-order valence-corrected chi connectivity index (χ0v) is 21.9. The van der Waals surface area contributed by atoms with Crippen molar-refractivity contribution >= 4 is 23.3 Å². The van der Waals surface area contributed by atoms with Gasteiger partial charge >= 0.3 is 5.97 Å². The summed E-state index contributed by atoms with van der Waals surface area (Å²) in [4.78, 5) is 31.1. The first-order valence-corrected chi connectivity index (χ1v) is 12.3. The number of piperidine rings is 1. The molecule has 1 fully saturated rings. The zero-order valence-electron chi connectivity index (χ0n) is 21.9. The number of nitrogens with one attached hydrogen (secondary N) is 2. The van der Waals surface area contributed by atoms with Crippen LogP contribution < -0.4 is 15.0 Å². The van der Waals surface area contributed by atoms with Gasteiger partial charge in [0.1, 0.15) is 35.5 Å². The van der Waals surface area contributed by atoms with Crippen LogP contribution in [0.1, 0.15) is 37.7 Å². The maximum atomic E-state index is 14.9. The van der Waals surface area contributed by atoms with Gasteiger partial charge in [-0.1, -0.05) is 6.07 Å². The monoisotopic (exact) mass is 525 g/mol. The van der Waals surface area contributed by atoms with Gasteiger partial charge in [0.25, 0.3) is 5.91 Å². The molecule has 2 aromatic heterocycles. The third-order valence-corrected chi connectivity index (χ3v) is 5.86. The molecule has 0 radical (unpaired) electrons. The predicted octanol–water partition coefficient (Wildman–Crippen LogP) is 4.01. The van der Waals surface area contributed by atoms with E-state index in [1.54, 1.807) is 69.4 Å². The Morgan fingerprint density at radius 1 is 1.18 bits per heavy atom. The van der Waals surface area contributed by atoms with Crippen molar-refractivity contribution in [2.45, 2.75) is 45.1 Å². The number of halogens is 1. The molecule has 0 aliphatic carbocycles. The van der Waals surface area contributed by atoms with Crippen LogP contribution in [-0.2, 0) is 14.3 Å². The zero-order chi connectivity index (χ0) is 27.3. The van der Waals surface area contributed by atoms with Crippen molar-refractivity contribution in [2.75, 3.05) is 37.0 Å². The quantitative estimate of drug-likeness (QED) is 0.424. The van der Waals surface area contributed by atoms with Crippen LogP contribution in [0.15, 0.2) is 48.7 Å². The third kappa shape index (κ3) is 6.86. The fourth-order valence-electron chi connectivity index (χ4n) is 4.12. The van der Waals surface area contributed by atoms with Crippen LogP contribution in [0.4, 0.5) is 15.8 Å². The van der Waals surface area contributed by atoms with Gasteiger partial charge in [-0.15, -0.1) is 0 Å². The van der Waals surface area contributed by atoms with E-state index < -0.39 is 29.8 Å². The number of esters is 1. The number of aromatic amines is 1. The molecule has 1 amide bonds.